The molecular weight excluding hydrogens is 256 g/mol. The molecule has 0 amide bonds. The van der Waals surface area contributed by atoms with E-state index >= 15 is 0 Å². The number of hydrogen-bond acceptors (Lipinski definition) is 4. The van der Waals surface area contributed by atoms with Crippen LogP contribution in [0.2, 0.25) is 0 Å². The summed E-state index contributed by atoms with van der Waals surface area (Å²) < 4.78 is 10.9. The Morgan fingerprint density at radius 2 is 2.20 bits per heavy atom. The fraction of sp³-hybridized carbons (Fsp3) is 0.500. The molecule has 0 heterocycles. The van der Waals surface area contributed by atoms with Crippen LogP contribution < -0.4 is 4.74 Å². The van der Waals surface area contributed by atoms with Crippen molar-refractivity contribution in [3.8, 4) is 5.75 Å². The molecule has 1 saturated carbocycles. The van der Waals surface area contributed by atoms with Crippen molar-refractivity contribution in [2.24, 2.45) is 5.92 Å². The molecule has 2 aliphatic rings. The van der Waals surface area contributed by atoms with E-state index in [2.05, 4.69) is 0 Å². The Morgan fingerprint density at radius 3 is 3.00 bits per heavy atom. The van der Waals surface area contributed by atoms with Crippen LogP contribution in [0, 0.1) is 5.92 Å². The Bertz CT molecular complexity index is 549. The molecule has 4 nitrogen and oxygen atoms in total. The third kappa shape index (κ3) is 2.48. The van der Waals surface area contributed by atoms with Crippen LogP contribution in [0.5, 0.6) is 5.75 Å². The Kier molecular flexibility index (Phi) is 3.57. The fourth-order valence-electron chi connectivity index (χ4n) is 2.74. The van der Waals surface area contributed by atoms with E-state index in [9.17, 15) is 9.59 Å². The first kappa shape index (κ1) is 13.3. The van der Waals surface area contributed by atoms with Gasteiger partial charge in [-0.2, -0.15) is 0 Å². The first-order valence-electron chi connectivity index (χ1n) is 7.19. The second kappa shape index (κ2) is 5.37. The van der Waals surface area contributed by atoms with Crippen molar-refractivity contribution in [1.82, 2.24) is 0 Å². The summed E-state index contributed by atoms with van der Waals surface area (Å²) in [5, 5.41) is 0. The lowest BCUT2D eigenvalue weighted by Gasteiger charge is -2.17. The van der Waals surface area contributed by atoms with Crippen LogP contribution in [0.4, 0.5) is 0 Å². The number of carbonyl (C=O) groups excluding carboxylic acids is 2. The van der Waals surface area contributed by atoms with Gasteiger partial charge >= 0.3 is 5.97 Å². The van der Waals surface area contributed by atoms with Gasteiger partial charge in [0.2, 0.25) is 0 Å². The van der Waals surface area contributed by atoms with Gasteiger partial charge in [0.25, 0.3) is 0 Å². The van der Waals surface area contributed by atoms with E-state index in [1.807, 2.05) is 13.0 Å². The third-order valence-corrected chi connectivity index (χ3v) is 3.89. The van der Waals surface area contributed by atoms with Crippen molar-refractivity contribution in [2.75, 3.05) is 6.61 Å². The van der Waals surface area contributed by atoms with Crippen molar-refractivity contribution in [2.45, 2.75) is 38.7 Å². The highest BCUT2D eigenvalue weighted by atomic mass is 16.5. The molecule has 3 rings (SSSR count). The highest BCUT2D eigenvalue weighted by Gasteiger charge is 2.45. The molecule has 1 aromatic rings. The largest absolute Gasteiger partial charge is 0.426 e. The number of ketones is 1. The number of hydrogen-bond donors (Lipinski definition) is 0. The molecule has 0 N–H and O–H groups in total. The minimum Gasteiger partial charge on any atom is -0.426 e. The molecule has 20 heavy (non-hydrogen) atoms. The Labute approximate surface area is 118 Å². The Hall–Kier alpha value is -1.68. The third-order valence-electron chi connectivity index (χ3n) is 3.89. The fourth-order valence-corrected chi connectivity index (χ4v) is 2.74. The average molecular weight is 274 g/mol. The van der Waals surface area contributed by atoms with Gasteiger partial charge in [-0.1, -0.05) is 12.1 Å². The molecule has 106 valence electrons. The van der Waals surface area contributed by atoms with E-state index in [0.29, 0.717) is 24.3 Å². The molecule has 0 aliphatic heterocycles. The summed E-state index contributed by atoms with van der Waals surface area (Å²) in [6, 6.07) is 5.36. The van der Waals surface area contributed by atoms with E-state index in [1.54, 1.807) is 12.1 Å². The zero-order valence-electron chi connectivity index (χ0n) is 11.6. The molecule has 1 aromatic carbocycles. The standard InChI is InChI=1S/C16H18O4/c1-2-19-15-9-12(15)16(18)20-14-8-4-5-10-11(14)6-3-7-13(10)17/h4-5,8,12,15H,2-3,6-7,9H2,1H3/t12-,15+/m1/s1. The lowest BCUT2D eigenvalue weighted by atomic mass is 9.90. The maximum Gasteiger partial charge on any atom is 0.317 e. The summed E-state index contributed by atoms with van der Waals surface area (Å²) in [6.45, 7) is 2.53. The normalized spacial score (nSPS) is 24.1. The maximum absolute atomic E-state index is 12.0. The molecular formula is C16H18O4. The second-order valence-corrected chi connectivity index (χ2v) is 5.32. The average Bonchev–Trinajstić information content (AvgIpc) is 3.20. The minimum atomic E-state index is -0.241. The molecule has 4 heteroatoms. The van der Waals surface area contributed by atoms with Gasteiger partial charge in [0.15, 0.2) is 5.78 Å². The number of fused-ring (bicyclic) bond motifs is 1. The molecule has 1 fully saturated rings. The summed E-state index contributed by atoms with van der Waals surface area (Å²) in [7, 11) is 0. The van der Waals surface area contributed by atoms with Crippen molar-refractivity contribution in [3.63, 3.8) is 0 Å². The van der Waals surface area contributed by atoms with E-state index in [-0.39, 0.29) is 23.8 Å². The highest BCUT2D eigenvalue weighted by molar-refractivity contribution is 5.99. The molecule has 2 atom stereocenters. The molecule has 0 saturated heterocycles. The van der Waals surface area contributed by atoms with Crippen LogP contribution in [0.3, 0.4) is 0 Å². The number of esters is 1. The molecule has 0 radical (unpaired) electrons. The molecule has 2 aliphatic carbocycles. The van der Waals surface area contributed by atoms with Crippen molar-refractivity contribution < 1.29 is 19.1 Å². The Morgan fingerprint density at radius 1 is 1.35 bits per heavy atom. The Balaban J connectivity index is 1.74. The van der Waals surface area contributed by atoms with Crippen molar-refractivity contribution >= 4 is 11.8 Å². The molecule has 0 aromatic heterocycles. The van der Waals surface area contributed by atoms with Gasteiger partial charge in [0, 0.05) is 24.2 Å². The van der Waals surface area contributed by atoms with Crippen LogP contribution in [0.15, 0.2) is 18.2 Å². The predicted octanol–water partition coefficient (Wildman–Crippen LogP) is 2.54. The quantitative estimate of drug-likeness (QED) is 0.625. The van der Waals surface area contributed by atoms with Gasteiger partial charge in [-0.25, -0.2) is 0 Å². The monoisotopic (exact) mass is 274 g/mol. The summed E-state index contributed by atoms with van der Waals surface area (Å²) >= 11 is 0. The van der Waals surface area contributed by atoms with E-state index in [4.69, 9.17) is 9.47 Å². The molecule has 0 spiro atoms. The number of rotatable bonds is 4. The predicted molar refractivity (Wildman–Crippen MR) is 72.9 cm³/mol. The molecule has 0 unspecified atom stereocenters. The van der Waals surface area contributed by atoms with Gasteiger partial charge in [-0.3, -0.25) is 9.59 Å². The first-order chi connectivity index (χ1) is 9.70. The lowest BCUT2D eigenvalue weighted by Crippen LogP contribution is -2.17. The summed E-state index contributed by atoms with van der Waals surface area (Å²) in [6.07, 6.45) is 2.95. The summed E-state index contributed by atoms with van der Waals surface area (Å²) in [5.41, 5.74) is 1.59. The highest BCUT2D eigenvalue weighted by Crippen LogP contribution is 2.36. The smallest absolute Gasteiger partial charge is 0.317 e. The molecule has 0 bridgehead atoms. The number of ether oxygens (including phenoxy) is 2. The zero-order valence-corrected chi connectivity index (χ0v) is 11.6. The number of Topliss-reactive ketones (excluding diaryl/α,β-unsaturated/α-hetero) is 1. The lowest BCUT2D eigenvalue weighted by molar-refractivity contribution is -0.136. The van der Waals surface area contributed by atoms with E-state index < -0.39 is 0 Å². The van der Waals surface area contributed by atoms with E-state index in [1.165, 1.54) is 0 Å². The summed E-state index contributed by atoms with van der Waals surface area (Å²) in [4.78, 5) is 23.9. The van der Waals surface area contributed by atoms with Gasteiger partial charge in [0.05, 0.1) is 12.0 Å². The maximum atomic E-state index is 12.0. The second-order valence-electron chi connectivity index (χ2n) is 5.32. The van der Waals surface area contributed by atoms with Gasteiger partial charge < -0.3 is 9.47 Å². The van der Waals surface area contributed by atoms with Crippen LogP contribution >= 0.6 is 0 Å². The minimum absolute atomic E-state index is 0.00803. The number of benzene rings is 1. The first-order valence-corrected chi connectivity index (χ1v) is 7.19. The summed E-state index contributed by atoms with van der Waals surface area (Å²) in [5.74, 6) is 0.297. The van der Waals surface area contributed by atoms with Crippen LogP contribution in [-0.2, 0) is 16.0 Å². The van der Waals surface area contributed by atoms with Crippen LogP contribution in [0.25, 0.3) is 0 Å². The SMILES string of the molecule is CCO[C@H]1C[C@H]1C(=O)Oc1cccc2c1CCCC2=O. The zero-order chi connectivity index (χ0) is 14.1. The number of carbonyl (C=O) groups is 2. The van der Waals surface area contributed by atoms with Crippen molar-refractivity contribution in [3.05, 3.63) is 29.3 Å². The topological polar surface area (TPSA) is 52.6 Å². The van der Waals surface area contributed by atoms with Gasteiger partial charge in [-0.05, 0) is 32.3 Å². The van der Waals surface area contributed by atoms with Crippen molar-refractivity contribution in [1.29, 1.82) is 0 Å². The van der Waals surface area contributed by atoms with Gasteiger partial charge in [-0.15, -0.1) is 0 Å². The van der Waals surface area contributed by atoms with E-state index in [0.717, 1.165) is 24.8 Å². The van der Waals surface area contributed by atoms with Crippen LogP contribution in [-0.4, -0.2) is 24.5 Å². The van der Waals surface area contributed by atoms with Gasteiger partial charge in [0.1, 0.15) is 5.75 Å². The van der Waals surface area contributed by atoms with Crippen LogP contribution in [0.1, 0.15) is 42.1 Å².